The molecule has 0 aromatic carbocycles. The molecule has 2 nitrogen and oxygen atoms in total. The van der Waals surface area contributed by atoms with Crippen molar-refractivity contribution in [2.75, 3.05) is 0 Å². The van der Waals surface area contributed by atoms with Crippen molar-refractivity contribution in [3.05, 3.63) is 21.3 Å². The van der Waals surface area contributed by atoms with E-state index in [1.54, 1.807) is 0 Å². The van der Waals surface area contributed by atoms with Gasteiger partial charge >= 0.3 is 0 Å². The summed E-state index contributed by atoms with van der Waals surface area (Å²) in [6.07, 6.45) is 4.06. The average molecular weight is 307 g/mol. The van der Waals surface area contributed by atoms with E-state index >= 15 is 0 Å². The van der Waals surface area contributed by atoms with E-state index in [0.717, 1.165) is 15.0 Å². The van der Waals surface area contributed by atoms with Gasteiger partial charge in [-0.2, -0.15) is 0 Å². The average Bonchev–Trinajstić information content (AvgIpc) is 1.95. The van der Waals surface area contributed by atoms with Crippen LogP contribution in [0.25, 0.3) is 0 Å². The van der Waals surface area contributed by atoms with E-state index in [9.17, 15) is 0 Å². The van der Waals surface area contributed by atoms with Gasteiger partial charge in [0.15, 0.2) is 0 Å². The Morgan fingerprint density at radius 2 is 1.85 bits per heavy atom. The minimum Gasteiger partial charge on any atom is -0.490 e. The van der Waals surface area contributed by atoms with Gasteiger partial charge in [-0.05, 0) is 51.1 Å². The van der Waals surface area contributed by atoms with Crippen LogP contribution in [0.1, 0.15) is 19.3 Å². The molecule has 1 aliphatic rings. The molecule has 1 heterocycles. The van der Waals surface area contributed by atoms with Crippen molar-refractivity contribution in [1.29, 1.82) is 0 Å². The highest BCUT2D eigenvalue weighted by atomic mass is 79.9. The SMILES string of the molecule is Brc1cc(OC2CCC2)cc(Br)n1. The lowest BCUT2D eigenvalue weighted by Gasteiger charge is -2.26. The van der Waals surface area contributed by atoms with Crippen molar-refractivity contribution in [2.24, 2.45) is 0 Å². The van der Waals surface area contributed by atoms with Crippen LogP contribution >= 0.6 is 31.9 Å². The molecule has 0 saturated heterocycles. The Hall–Kier alpha value is -0.0900. The van der Waals surface area contributed by atoms with Gasteiger partial charge in [-0.3, -0.25) is 0 Å². The maximum atomic E-state index is 5.71. The first kappa shape index (κ1) is 9.46. The Morgan fingerprint density at radius 1 is 1.23 bits per heavy atom. The zero-order valence-corrected chi connectivity index (χ0v) is 10.1. The fraction of sp³-hybridized carbons (Fsp3) is 0.444. The largest absolute Gasteiger partial charge is 0.490 e. The first-order valence-corrected chi connectivity index (χ1v) is 5.82. The van der Waals surface area contributed by atoms with Crippen LogP contribution < -0.4 is 4.74 Å². The first-order valence-electron chi connectivity index (χ1n) is 4.24. The second-order valence-electron chi connectivity index (χ2n) is 3.12. The molecule has 1 aromatic heterocycles. The van der Waals surface area contributed by atoms with Crippen LogP contribution in [-0.4, -0.2) is 11.1 Å². The van der Waals surface area contributed by atoms with E-state index in [-0.39, 0.29) is 0 Å². The highest BCUT2D eigenvalue weighted by molar-refractivity contribution is 9.11. The standard InChI is InChI=1S/C9H9Br2NO/c10-8-4-7(5-9(11)12-8)13-6-2-1-3-6/h4-6H,1-3H2. The van der Waals surface area contributed by atoms with E-state index in [4.69, 9.17) is 4.74 Å². The highest BCUT2D eigenvalue weighted by Crippen LogP contribution is 2.28. The summed E-state index contributed by atoms with van der Waals surface area (Å²) in [4.78, 5) is 4.14. The third-order valence-electron chi connectivity index (χ3n) is 2.09. The van der Waals surface area contributed by atoms with Gasteiger partial charge in [0.1, 0.15) is 15.0 Å². The number of nitrogens with zero attached hydrogens (tertiary/aromatic N) is 1. The van der Waals surface area contributed by atoms with Crippen LogP contribution in [-0.2, 0) is 0 Å². The Bertz CT molecular complexity index is 292. The molecule has 0 N–H and O–H groups in total. The van der Waals surface area contributed by atoms with Gasteiger partial charge in [0.2, 0.25) is 0 Å². The van der Waals surface area contributed by atoms with E-state index in [0.29, 0.717) is 6.10 Å². The van der Waals surface area contributed by atoms with E-state index in [1.807, 2.05) is 12.1 Å². The number of aromatic nitrogens is 1. The zero-order valence-electron chi connectivity index (χ0n) is 6.96. The third kappa shape index (κ3) is 2.44. The van der Waals surface area contributed by atoms with Gasteiger partial charge in [0.05, 0.1) is 6.10 Å². The summed E-state index contributed by atoms with van der Waals surface area (Å²) in [7, 11) is 0. The van der Waals surface area contributed by atoms with Gasteiger partial charge < -0.3 is 4.74 Å². The molecule has 1 fully saturated rings. The Labute approximate surface area is 94.0 Å². The molecule has 1 aliphatic carbocycles. The van der Waals surface area contributed by atoms with Crippen LogP contribution in [0, 0.1) is 0 Å². The molecule has 1 saturated carbocycles. The summed E-state index contributed by atoms with van der Waals surface area (Å²) in [5.74, 6) is 0.887. The third-order valence-corrected chi connectivity index (χ3v) is 2.90. The molecule has 0 aliphatic heterocycles. The summed E-state index contributed by atoms with van der Waals surface area (Å²) in [6, 6.07) is 3.78. The number of ether oxygens (including phenoxy) is 1. The number of hydrogen-bond acceptors (Lipinski definition) is 2. The fourth-order valence-electron chi connectivity index (χ4n) is 1.19. The topological polar surface area (TPSA) is 22.1 Å². The van der Waals surface area contributed by atoms with Gasteiger partial charge in [0, 0.05) is 12.1 Å². The quantitative estimate of drug-likeness (QED) is 0.780. The molecule has 0 atom stereocenters. The molecular formula is C9H9Br2NO. The van der Waals surface area contributed by atoms with Gasteiger partial charge in [0.25, 0.3) is 0 Å². The maximum absolute atomic E-state index is 5.71. The number of halogens is 2. The second-order valence-corrected chi connectivity index (χ2v) is 4.74. The lowest BCUT2D eigenvalue weighted by molar-refractivity contribution is 0.120. The maximum Gasteiger partial charge on any atom is 0.125 e. The molecule has 0 amide bonds. The molecule has 0 spiro atoms. The Morgan fingerprint density at radius 3 is 2.31 bits per heavy atom. The smallest absolute Gasteiger partial charge is 0.125 e. The van der Waals surface area contributed by atoms with Crippen molar-refractivity contribution < 1.29 is 4.74 Å². The van der Waals surface area contributed by atoms with Gasteiger partial charge in [-0.15, -0.1) is 0 Å². The monoisotopic (exact) mass is 305 g/mol. The summed E-state index contributed by atoms with van der Waals surface area (Å²) >= 11 is 6.64. The number of hydrogen-bond donors (Lipinski definition) is 0. The van der Waals surface area contributed by atoms with Crippen molar-refractivity contribution in [3.8, 4) is 5.75 Å². The minimum absolute atomic E-state index is 0.418. The summed E-state index contributed by atoms with van der Waals surface area (Å²) in [6.45, 7) is 0. The molecule has 0 bridgehead atoms. The highest BCUT2D eigenvalue weighted by Gasteiger charge is 2.19. The van der Waals surface area contributed by atoms with Crippen LogP contribution in [0.15, 0.2) is 21.3 Å². The van der Waals surface area contributed by atoms with Gasteiger partial charge in [-0.25, -0.2) is 4.98 Å². The van der Waals surface area contributed by atoms with Crippen LogP contribution in [0.4, 0.5) is 0 Å². The molecule has 1 aromatic rings. The van der Waals surface area contributed by atoms with Crippen molar-refractivity contribution in [1.82, 2.24) is 4.98 Å². The Balaban J connectivity index is 2.10. The molecule has 0 radical (unpaired) electrons. The van der Waals surface area contributed by atoms with E-state index in [1.165, 1.54) is 19.3 Å². The van der Waals surface area contributed by atoms with Gasteiger partial charge in [-0.1, -0.05) is 0 Å². The van der Waals surface area contributed by atoms with Crippen LogP contribution in [0.2, 0.25) is 0 Å². The van der Waals surface area contributed by atoms with E-state index < -0.39 is 0 Å². The predicted octanol–water partition coefficient (Wildman–Crippen LogP) is 3.54. The summed E-state index contributed by atoms with van der Waals surface area (Å²) in [5.41, 5.74) is 0. The Kier molecular flexibility index (Phi) is 2.89. The lowest BCUT2D eigenvalue weighted by Crippen LogP contribution is -2.24. The number of rotatable bonds is 2. The molecule has 0 unspecified atom stereocenters. The first-order chi connectivity index (χ1) is 6.24. The van der Waals surface area contributed by atoms with Crippen LogP contribution in [0.5, 0.6) is 5.75 Å². The van der Waals surface area contributed by atoms with Crippen molar-refractivity contribution in [3.63, 3.8) is 0 Å². The molecule has 2 rings (SSSR count). The normalized spacial score (nSPS) is 16.8. The minimum atomic E-state index is 0.418. The molecule has 13 heavy (non-hydrogen) atoms. The van der Waals surface area contributed by atoms with Crippen molar-refractivity contribution >= 4 is 31.9 Å². The van der Waals surface area contributed by atoms with Crippen molar-refractivity contribution in [2.45, 2.75) is 25.4 Å². The number of pyridine rings is 1. The van der Waals surface area contributed by atoms with E-state index in [2.05, 4.69) is 36.8 Å². The summed E-state index contributed by atoms with van der Waals surface area (Å²) < 4.78 is 7.32. The summed E-state index contributed by atoms with van der Waals surface area (Å²) in [5, 5.41) is 0. The van der Waals surface area contributed by atoms with Crippen LogP contribution in [0.3, 0.4) is 0 Å². The lowest BCUT2D eigenvalue weighted by atomic mass is 9.96. The molecule has 70 valence electrons. The molecular weight excluding hydrogens is 298 g/mol. The fourth-order valence-corrected chi connectivity index (χ4v) is 2.26. The zero-order chi connectivity index (χ0) is 9.26. The predicted molar refractivity (Wildman–Crippen MR) is 57.9 cm³/mol. The molecule has 4 heteroatoms. The second kappa shape index (κ2) is 3.96.